The average molecular weight is 244 g/mol. The number of rotatable bonds is 4. The molecule has 94 valence electrons. The van der Waals surface area contributed by atoms with E-state index in [1.54, 1.807) is 0 Å². The normalized spacial score (nSPS) is 18.1. The van der Waals surface area contributed by atoms with Crippen LogP contribution >= 0.6 is 0 Å². The Balaban J connectivity index is 1.94. The minimum absolute atomic E-state index is 0.178. The van der Waals surface area contributed by atoms with Crippen LogP contribution in [0.1, 0.15) is 24.0 Å². The van der Waals surface area contributed by atoms with E-state index in [0.29, 0.717) is 6.54 Å². The van der Waals surface area contributed by atoms with E-state index < -0.39 is 11.7 Å². The van der Waals surface area contributed by atoms with Crippen LogP contribution in [-0.4, -0.2) is 11.7 Å². The zero-order valence-corrected chi connectivity index (χ0v) is 9.35. The summed E-state index contributed by atoms with van der Waals surface area (Å²) in [6.45, 7) is 0.685. The average Bonchev–Trinajstić information content (AvgIpc) is 3.07. The van der Waals surface area contributed by atoms with Gasteiger partial charge in [-0.15, -0.1) is 0 Å². The molecule has 17 heavy (non-hydrogen) atoms. The van der Waals surface area contributed by atoms with Gasteiger partial charge in [0.05, 0.1) is 0 Å². The minimum atomic E-state index is -4.15. The van der Waals surface area contributed by atoms with Crippen LogP contribution in [0.5, 0.6) is 0 Å². The van der Waals surface area contributed by atoms with Crippen LogP contribution in [0.2, 0.25) is 0 Å². The standard InChI is InChI=1S/C12H15F3N2/c13-12(14,15)11(5-6-11)17-8-10-3-1-9(7-16)2-4-10/h1-4,17H,5-8,16H2. The lowest BCUT2D eigenvalue weighted by molar-refractivity contribution is -0.166. The van der Waals surface area contributed by atoms with Gasteiger partial charge in [-0.3, -0.25) is 5.32 Å². The molecule has 1 aliphatic carbocycles. The number of alkyl halides is 3. The zero-order valence-electron chi connectivity index (χ0n) is 9.35. The summed E-state index contributed by atoms with van der Waals surface area (Å²) in [5.74, 6) is 0. The summed E-state index contributed by atoms with van der Waals surface area (Å²) in [4.78, 5) is 0. The SMILES string of the molecule is NCc1ccc(CNC2(C(F)(F)F)CC2)cc1. The van der Waals surface area contributed by atoms with Crippen LogP contribution in [-0.2, 0) is 13.1 Å². The molecule has 0 aliphatic heterocycles. The third-order valence-electron chi connectivity index (χ3n) is 3.18. The highest BCUT2D eigenvalue weighted by Gasteiger charge is 2.62. The van der Waals surface area contributed by atoms with Crippen molar-refractivity contribution in [1.82, 2.24) is 5.32 Å². The van der Waals surface area contributed by atoms with Gasteiger partial charge in [0.25, 0.3) is 0 Å². The monoisotopic (exact) mass is 244 g/mol. The maximum atomic E-state index is 12.6. The van der Waals surface area contributed by atoms with Crippen molar-refractivity contribution in [2.45, 2.75) is 37.6 Å². The van der Waals surface area contributed by atoms with Gasteiger partial charge < -0.3 is 5.73 Å². The van der Waals surface area contributed by atoms with Gasteiger partial charge in [-0.05, 0) is 24.0 Å². The third-order valence-corrected chi connectivity index (χ3v) is 3.18. The Morgan fingerprint density at radius 1 is 1.12 bits per heavy atom. The summed E-state index contributed by atoms with van der Waals surface area (Å²) in [7, 11) is 0. The summed E-state index contributed by atoms with van der Waals surface area (Å²) in [6, 6.07) is 7.29. The topological polar surface area (TPSA) is 38.0 Å². The van der Waals surface area contributed by atoms with Gasteiger partial charge in [-0.25, -0.2) is 0 Å². The quantitative estimate of drug-likeness (QED) is 0.853. The van der Waals surface area contributed by atoms with E-state index in [0.717, 1.165) is 11.1 Å². The van der Waals surface area contributed by atoms with E-state index in [9.17, 15) is 13.2 Å². The Morgan fingerprint density at radius 3 is 2.06 bits per heavy atom. The predicted octanol–water partition coefficient (Wildman–Crippen LogP) is 2.33. The van der Waals surface area contributed by atoms with Crippen LogP contribution in [0.4, 0.5) is 13.2 Å². The van der Waals surface area contributed by atoms with Crippen LogP contribution in [0.3, 0.4) is 0 Å². The fourth-order valence-corrected chi connectivity index (χ4v) is 1.75. The maximum absolute atomic E-state index is 12.6. The minimum Gasteiger partial charge on any atom is -0.326 e. The molecule has 0 atom stereocenters. The summed E-state index contributed by atoms with van der Waals surface area (Å²) in [5, 5.41) is 2.61. The maximum Gasteiger partial charge on any atom is 0.406 e. The summed E-state index contributed by atoms with van der Waals surface area (Å²) in [6.07, 6.45) is -3.79. The lowest BCUT2D eigenvalue weighted by atomic mass is 10.1. The molecule has 0 radical (unpaired) electrons. The fourth-order valence-electron chi connectivity index (χ4n) is 1.75. The lowest BCUT2D eigenvalue weighted by Gasteiger charge is -2.20. The first kappa shape index (κ1) is 12.4. The van der Waals surface area contributed by atoms with Crippen molar-refractivity contribution in [3.63, 3.8) is 0 Å². The molecule has 1 saturated carbocycles. The molecule has 0 aromatic heterocycles. The van der Waals surface area contributed by atoms with Crippen molar-refractivity contribution in [2.75, 3.05) is 0 Å². The number of nitrogens with one attached hydrogen (secondary N) is 1. The molecular formula is C12H15F3N2. The van der Waals surface area contributed by atoms with Gasteiger partial charge in [0, 0.05) is 13.1 Å². The molecule has 0 amide bonds. The Hall–Kier alpha value is -1.07. The van der Waals surface area contributed by atoms with E-state index in [4.69, 9.17) is 5.73 Å². The third kappa shape index (κ3) is 2.61. The van der Waals surface area contributed by atoms with Crippen LogP contribution < -0.4 is 11.1 Å². The van der Waals surface area contributed by atoms with Gasteiger partial charge in [-0.1, -0.05) is 24.3 Å². The van der Waals surface area contributed by atoms with Gasteiger partial charge >= 0.3 is 6.18 Å². The zero-order chi connectivity index (χ0) is 12.5. The first-order valence-electron chi connectivity index (χ1n) is 5.56. The molecule has 2 nitrogen and oxygen atoms in total. The Labute approximate surface area is 98.0 Å². The van der Waals surface area contributed by atoms with E-state index in [1.165, 1.54) is 0 Å². The molecule has 1 fully saturated rings. The number of nitrogens with two attached hydrogens (primary N) is 1. The second-order valence-corrected chi connectivity index (χ2v) is 4.45. The number of halogens is 3. The molecule has 0 saturated heterocycles. The molecule has 5 heteroatoms. The molecule has 0 bridgehead atoms. The lowest BCUT2D eigenvalue weighted by Crippen LogP contribution is -2.44. The van der Waals surface area contributed by atoms with Crippen LogP contribution in [0.15, 0.2) is 24.3 Å². The predicted molar refractivity (Wildman–Crippen MR) is 59.2 cm³/mol. The summed E-state index contributed by atoms with van der Waals surface area (Å²) >= 11 is 0. The molecule has 1 aromatic rings. The van der Waals surface area contributed by atoms with Crippen molar-refractivity contribution >= 4 is 0 Å². The van der Waals surface area contributed by atoms with Crippen molar-refractivity contribution in [3.05, 3.63) is 35.4 Å². The van der Waals surface area contributed by atoms with Gasteiger partial charge in [0.2, 0.25) is 0 Å². The van der Waals surface area contributed by atoms with Crippen molar-refractivity contribution in [1.29, 1.82) is 0 Å². The van der Waals surface area contributed by atoms with E-state index in [2.05, 4.69) is 5.32 Å². The highest BCUT2D eigenvalue weighted by atomic mass is 19.4. The van der Waals surface area contributed by atoms with E-state index in [-0.39, 0.29) is 19.4 Å². The van der Waals surface area contributed by atoms with Crippen molar-refractivity contribution in [2.24, 2.45) is 5.73 Å². The van der Waals surface area contributed by atoms with Gasteiger partial charge in [-0.2, -0.15) is 13.2 Å². The van der Waals surface area contributed by atoms with E-state index in [1.807, 2.05) is 24.3 Å². The van der Waals surface area contributed by atoms with Gasteiger partial charge in [0.15, 0.2) is 0 Å². The van der Waals surface area contributed by atoms with Crippen molar-refractivity contribution in [3.8, 4) is 0 Å². The molecule has 2 rings (SSSR count). The Morgan fingerprint density at radius 2 is 1.65 bits per heavy atom. The van der Waals surface area contributed by atoms with Gasteiger partial charge in [0.1, 0.15) is 5.54 Å². The number of hydrogen-bond acceptors (Lipinski definition) is 2. The molecular weight excluding hydrogens is 229 g/mol. The Bertz CT molecular complexity index is 380. The fraction of sp³-hybridized carbons (Fsp3) is 0.500. The van der Waals surface area contributed by atoms with Crippen LogP contribution in [0.25, 0.3) is 0 Å². The highest BCUT2D eigenvalue weighted by Crippen LogP contribution is 2.49. The molecule has 1 aliphatic rings. The highest BCUT2D eigenvalue weighted by molar-refractivity contribution is 5.23. The van der Waals surface area contributed by atoms with E-state index >= 15 is 0 Å². The molecule has 0 spiro atoms. The van der Waals surface area contributed by atoms with Crippen LogP contribution in [0, 0.1) is 0 Å². The summed E-state index contributed by atoms with van der Waals surface area (Å²) < 4.78 is 37.9. The first-order valence-corrected chi connectivity index (χ1v) is 5.56. The smallest absolute Gasteiger partial charge is 0.326 e. The largest absolute Gasteiger partial charge is 0.406 e. The second kappa shape index (κ2) is 4.31. The molecule has 0 unspecified atom stereocenters. The number of benzene rings is 1. The second-order valence-electron chi connectivity index (χ2n) is 4.45. The first-order chi connectivity index (χ1) is 7.97. The molecule has 0 heterocycles. The summed E-state index contributed by atoms with van der Waals surface area (Å²) in [5.41, 5.74) is 5.63. The molecule has 1 aromatic carbocycles. The number of hydrogen-bond donors (Lipinski definition) is 2. The van der Waals surface area contributed by atoms with Crippen molar-refractivity contribution < 1.29 is 13.2 Å². The molecule has 3 N–H and O–H groups in total. The Kier molecular flexibility index (Phi) is 3.14.